The van der Waals surface area contributed by atoms with Crippen molar-refractivity contribution in [2.75, 3.05) is 33.1 Å². The fourth-order valence-corrected chi connectivity index (χ4v) is 2.52. The number of anilines is 1. The summed E-state index contributed by atoms with van der Waals surface area (Å²) in [6, 6.07) is 9.17. The van der Waals surface area contributed by atoms with E-state index in [0.29, 0.717) is 12.5 Å². The van der Waals surface area contributed by atoms with Gasteiger partial charge >= 0.3 is 0 Å². The first-order valence-corrected chi connectivity index (χ1v) is 8.34. The standard InChI is InChI=1S/C19H21F3N4O2/c1-23-19(26(2)11-12-6-4-5-7-15(12)28-3)24-10-16(27)25-14-9-8-13(20)17(21)18(14)22/h4-9H,10-11H2,1-3H3,(H,23,24)(H,25,27). The summed E-state index contributed by atoms with van der Waals surface area (Å²) in [5, 5.41) is 5.01. The summed E-state index contributed by atoms with van der Waals surface area (Å²) < 4.78 is 45.1. The number of aliphatic imine (C=N–C) groups is 1. The molecule has 9 heteroatoms. The van der Waals surface area contributed by atoms with Crippen LogP contribution in [0.4, 0.5) is 18.9 Å². The number of benzene rings is 2. The van der Waals surface area contributed by atoms with Gasteiger partial charge in [0.1, 0.15) is 5.75 Å². The molecule has 0 atom stereocenters. The first kappa shape index (κ1) is 21.1. The van der Waals surface area contributed by atoms with Crippen LogP contribution in [-0.4, -0.2) is 44.5 Å². The number of nitrogens with one attached hydrogen (secondary N) is 2. The van der Waals surface area contributed by atoms with Crippen LogP contribution < -0.4 is 15.4 Å². The second-order valence-electron chi connectivity index (χ2n) is 5.84. The van der Waals surface area contributed by atoms with Crippen LogP contribution in [0.5, 0.6) is 5.75 Å². The lowest BCUT2D eigenvalue weighted by atomic mass is 10.2. The molecule has 6 nitrogen and oxygen atoms in total. The number of hydrogen-bond acceptors (Lipinski definition) is 3. The predicted octanol–water partition coefficient (Wildman–Crippen LogP) is 2.76. The van der Waals surface area contributed by atoms with E-state index in [1.54, 1.807) is 26.1 Å². The number of ether oxygens (including phenoxy) is 1. The van der Waals surface area contributed by atoms with Gasteiger partial charge in [0.2, 0.25) is 5.91 Å². The van der Waals surface area contributed by atoms with Crippen molar-refractivity contribution in [3.05, 3.63) is 59.4 Å². The van der Waals surface area contributed by atoms with Gasteiger partial charge in [-0.05, 0) is 18.2 Å². The maximum Gasteiger partial charge on any atom is 0.243 e. The Labute approximate surface area is 161 Å². The van der Waals surface area contributed by atoms with Crippen LogP contribution in [0.15, 0.2) is 41.4 Å². The van der Waals surface area contributed by atoms with E-state index in [1.165, 1.54) is 0 Å². The van der Waals surface area contributed by atoms with Gasteiger partial charge in [-0.15, -0.1) is 0 Å². The number of hydrogen-bond donors (Lipinski definition) is 2. The summed E-state index contributed by atoms with van der Waals surface area (Å²) in [5.74, 6) is -3.93. The monoisotopic (exact) mass is 394 g/mol. The molecule has 0 bridgehead atoms. The molecular weight excluding hydrogens is 373 g/mol. The molecule has 0 saturated carbocycles. The molecule has 28 heavy (non-hydrogen) atoms. The van der Waals surface area contributed by atoms with E-state index >= 15 is 0 Å². The van der Waals surface area contributed by atoms with Crippen molar-refractivity contribution in [3.63, 3.8) is 0 Å². The predicted molar refractivity (Wildman–Crippen MR) is 101 cm³/mol. The van der Waals surface area contributed by atoms with Crippen molar-refractivity contribution >= 4 is 17.6 Å². The molecule has 0 heterocycles. The highest BCUT2D eigenvalue weighted by atomic mass is 19.2. The first-order valence-electron chi connectivity index (χ1n) is 8.34. The van der Waals surface area contributed by atoms with E-state index in [1.807, 2.05) is 24.3 Å². The second-order valence-corrected chi connectivity index (χ2v) is 5.84. The molecule has 0 spiro atoms. The van der Waals surface area contributed by atoms with Gasteiger partial charge in [-0.3, -0.25) is 9.79 Å². The summed E-state index contributed by atoms with van der Waals surface area (Å²) in [5.41, 5.74) is 0.479. The second kappa shape index (κ2) is 9.63. The summed E-state index contributed by atoms with van der Waals surface area (Å²) in [6.07, 6.45) is 0. The molecule has 0 fully saturated rings. The summed E-state index contributed by atoms with van der Waals surface area (Å²) in [4.78, 5) is 17.9. The summed E-state index contributed by atoms with van der Waals surface area (Å²) in [6.45, 7) is 0.213. The molecule has 0 saturated heterocycles. The van der Waals surface area contributed by atoms with E-state index in [-0.39, 0.29) is 6.54 Å². The number of rotatable bonds is 6. The Kier molecular flexibility index (Phi) is 7.25. The minimum atomic E-state index is -1.64. The highest BCUT2D eigenvalue weighted by Crippen LogP contribution is 2.20. The van der Waals surface area contributed by atoms with Gasteiger partial charge in [-0.1, -0.05) is 18.2 Å². The first-order chi connectivity index (χ1) is 13.4. The Morgan fingerprint density at radius 3 is 2.54 bits per heavy atom. The van der Waals surface area contributed by atoms with E-state index < -0.39 is 29.0 Å². The van der Waals surface area contributed by atoms with E-state index in [0.717, 1.165) is 23.4 Å². The number of nitrogens with zero attached hydrogens (tertiary/aromatic N) is 2. The lowest BCUT2D eigenvalue weighted by Crippen LogP contribution is -2.42. The van der Waals surface area contributed by atoms with Gasteiger partial charge < -0.3 is 20.3 Å². The van der Waals surface area contributed by atoms with Crippen molar-refractivity contribution < 1.29 is 22.7 Å². The van der Waals surface area contributed by atoms with Gasteiger partial charge in [0.05, 0.1) is 19.3 Å². The molecule has 1 amide bonds. The van der Waals surface area contributed by atoms with Crippen molar-refractivity contribution in [3.8, 4) is 5.75 Å². The largest absolute Gasteiger partial charge is 0.496 e. The van der Waals surface area contributed by atoms with Gasteiger partial charge in [-0.2, -0.15) is 0 Å². The van der Waals surface area contributed by atoms with Crippen molar-refractivity contribution in [1.29, 1.82) is 0 Å². The lowest BCUT2D eigenvalue weighted by molar-refractivity contribution is -0.115. The Morgan fingerprint density at radius 1 is 1.14 bits per heavy atom. The molecule has 2 aromatic carbocycles. The van der Waals surface area contributed by atoms with Crippen LogP contribution in [0.3, 0.4) is 0 Å². The molecule has 0 radical (unpaired) electrons. The highest BCUT2D eigenvalue weighted by molar-refractivity contribution is 5.95. The zero-order valence-electron chi connectivity index (χ0n) is 15.7. The number of amides is 1. The van der Waals surface area contributed by atoms with Crippen molar-refractivity contribution in [2.24, 2.45) is 4.99 Å². The molecule has 2 N–H and O–H groups in total. The zero-order chi connectivity index (χ0) is 20.7. The quantitative estimate of drug-likeness (QED) is 0.449. The summed E-state index contributed by atoms with van der Waals surface area (Å²) >= 11 is 0. The van der Waals surface area contributed by atoms with Crippen molar-refractivity contribution in [1.82, 2.24) is 10.2 Å². The van der Waals surface area contributed by atoms with E-state index in [4.69, 9.17) is 4.74 Å². The molecule has 0 aliphatic rings. The maximum absolute atomic E-state index is 13.6. The van der Waals surface area contributed by atoms with Crippen LogP contribution in [0.1, 0.15) is 5.56 Å². The highest BCUT2D eigenvalue weighted by Gasteiger charge is 2.16. The van der Waals surface area contributed by atoms with Gasteiger partial charge in [0.15, 0.2) is 23.4 Å². The molecule has 0 aromatic heterocycles. The number of carbonyl (C=O) groups excluding carboxylic acids is 1. The third-order valence-corrected chi connectivity index (χ3v) is 3.89. The van der Waals surface area contributed by atoms with Crippen LogP contribution in [0.2, 0.25) is 0 Å². The Balaban J connectivity index is 1.96. The molecule has 2 aromatic rings. The van der Waals surface area contributed by atoms with Crippen LogP contribution in [-0.2, 0) is 11.3 Å². The van der Waals surface area contributed by atoms with Crippen molar-refractivity contribution in [2.45, 2.75) is 6.54 Å². The van der Waals surface area contributed by atoms with Gasteiger partial charge in [-0.25, -0.2) is 13.2 Å². The smallest absolute Gasteiger partial charge is 0.243 e. The number of methoxy groups -OCH3 is 1. The lowest BCUT2D eigenvalue weighted by Gasteiger charge is -2.23. The number of para-hydroxylation sites is 1. The van der Waals surface area contributed by atoms with Gasteiger partial charge in [0, 0.05) is 26.2 Å². The third kappa shape index (κ3) is 5.15. The molecule has 2 rings (SSSR count). The molecule has 0 aliphatic heterocycles. The molecule has 0 unspecified atom stereocenters. The number of carbonyl (C=O) groups is 1. The van der Waals surface area contributed by atoms with E-state index in [2.05, 4.69) is 15.6 Å². The minimum Gasteiger partial charge on any atom is -0.496 e. The molecule has 150 valence electrons. The fraction of sp³-hybridized carbons (Fsp3) is 0.263. The van der Waals surface area contributed by atoms with Gasteiger partial charge in [0.25, 0.3) is 0 Å². The topological polar surface area (TPSA) is 66.0 Å². The van der Waals surface area contributed by atoms with Crippen LogP contribution >= 0.6 is 0 Å². The number of guanidine groups is 1. The maximum atomic E-state index is 13.6. The fourth-order valence-electron chi connectivity index (χ4n) is 2.52. The third-order valence-electron chi connectivity index (χ3n) is 3.89. The molecule has 0 aliphatic carbocycles. The zero-order valence-corrected chi connectivity index (χ0v) is 15.7. The number of halogens is 3. The average molecular weight is 394 g/mol. The van der Waals surface area contributed by atoms with Crippen LogP contribution in [0, 0.1) is 17.5 Å². The van der Waals surface area contributed by atoms with E-state index in [9.17, 15) is 18.0 Å². The molecular formula is C19H21F3N4O2. The Morgan fingerprint density at radius 2 is 1.86 bits per heavy atom. The average Bonchev–Trinajstić information content (AvgIpc) is 2.69. The summed E-state index contributed by atoms with van der Waals surface area (Å²) in [7, 11) is 4.90. The SMILES string of the molecule is CN=C(NCC(=O)Nc1ccc(F)c(F)c1F)N(C)Cc1ccccc1OC. The Bertz CT molecular complexity index is 874. The van der Waals surface area contributed by atoms with Crippen LogP contribution in [0.25, 0.3) is 0 Å². The normalized spacial score (nSPS) is 11.1. The minimum absolute atomic E-state index is 0.249. The Hall–Kier alpha value is -3.23.